The van der Waals surface area contributed by atoms with Crippen molar-refractivity contribution >= 4 is 34.7 Å². The summed E-state index contributed by atoms with van der Waals surface area (Å²) >= 11 is 2.20. The molecule has 132 valence electrons. The lowest BCUT2D eigenvalue weighted by Gasteiger charge is -2.09. The van der Waals surface area contributed by atoms with E-state index in [0.717, 1.165) is 3.57 Å². The van der Waals surface area contributed by atoms with Gasteiger partial charge in [-0.05, 0) is 72.0 Å². The summed E-state index contributed by atoms with van der Waals surface area (Å²) in [6.45, 7) is 2.31. The molecule has 0 aliphatic rings. The van der Waals surface area contributed by atoms with Gasteiger partial charge in [0.15, 0.2) is 6.61 Å². The molecule has 2 rings (SSSR count). The third-order valence-corrected chi connectivity index (χ3v) is 3.81. The fourth-order valence-electron chi connectivity index (χ4n) is 1.93. The van der Waals surface area contributed by atoms with Gasteiger partial charge in [-0.25, -0.2) is 5.43 Å². The van der Waals surface area contributed by atoms with Crippen molar-refractivity contribution < 1.29 is 19.0 Å². The number of rotatable bonds is 8. The van der Waals surface area contributed by atoms with E-state index >= 15 is 0 Å². The van der Waals surface area contributed by atoms with Crippen LogP contribution in [0.5, 0.6) is 17.2 Å². The monoisotopic (exact) mass is 454 g/mol. The maximum atomic E-state index is 11.8. The van der Waals surface area contributed by atoms with E-state index in [1.54, 1.807) is 25.3 Å². The number of halogens is 1. The zero-order chi connectivity index (χ0) is 18.1. The topological polar surface area (TPSA) is 69.2 Å². The molecule has 0 saturated carbocycles. The molecule has 0 spiro atoms. The standard InChI is InChI=1S/C18H19IN2O4/c1-3-24-17-9-8-16(23-2)10-13(17)11-20-21-18(22)12-25-15-6-4-14(19)5-7-15/h4-11H,3,12H2,1-2H3,(H,21,22)/b20-11-. The summed E-state index contributed by atoms with van der Waals surface area (Å²) in [5, 5.41) is 3.94. The third-order valence-electron chi connectivity index (χ3n) is 3.09. The second-order valence-electron chi connectivity index (χ2n) is 4.87. The molecule has 7 heteroatoms. The van der Waals surface area contributed by atoms with Crippen LogP contribution >= 0.6 is 22.6 Å². The van der Waals surface area contributed by atoms with E-state index < -0.39 is 0 Å². The number of ether oxygens (including phenoxy) is 3. The average Bonchev–Trinajstić information content (AvgIpc) is 2.62. The van der Waals surface area contributed by atoms with Gasteiger partial charge >= 0.3 is 0 Å². The molecule has 0 aliphatic carbocycles. The number of carbonyl (C=O) groups is 1. The van der Waals surface area contributed by atoms with Crippen LogP contribution in [0, 0.1) is 3.57 Å². The highest BCUT2D eigenvalue weighted by molar-refractivity contribution is 14.1. The minimum Gasteiger partial charge on any atom is -0.497 e. The van der Waals surface area contributed by atoms with E-state index in [-0.39, 0.29) is 12.5 Å². The molecule has 0 bridgehead atoms. The van der Waals surface area contributed by atoms with E-state index in [1.165, 1.54) is 6.21 Å². The normalized spacial score (nSPS) is 10.5. The number of methoxy groups -OCH3 is 1. The molecular weight excluding hydrogens is 435 g/mol. The zero-order valence-corrected chi connectivity index (χ0v) is 16.1. The molecule has 0 fully saturated rings. The van der Waals surface area contributed by atoms with Crippen molar-refractivity contribution in [3.05, 3.63) is 51.6 Å². The van der Waals surface area contributed by atoms with Gasteiger partial charge in [-0.15, -0.1) is 0 Å². The van der Waals surface area contributed by atoms with E-state index in [2.05, 4.69) is 33.1 Å². The number of carbonyl (C=O) groups excluding carboxylic acids is 1. The van der Waals surface area contributed by atoms with Crippen molar-refractivity contribution in [1.82, 2.24) is 5.43 Å². The molecule has 2 aromatic carbocycles. The number of hydrazone groups is 1. The number of benzene rings is 2. The molecule has 25 heavy (non-hydrogen) atoms. The zero-order valence-electron chi connectivity index (χ0n) is 14.0. The maximum Gasteiger partial charge on any atom is 0.277 e. The van der Waals surface area contributed by atoms with Gasteiger partial charge in [-0.3, -0.25) is 4.79 Å². The van der Waals surface area contributed by atoms with Crippen LogP contribution in [0.4, 0.5) is 0 Å². The van der Waals surface area contributed by atoms with Gasteiger partial charge in [0.1, 0.15) is 17.2 Å². The summed E-state index contributed by atoms with van der Waals surface area (Å²) in [6, 6.07) is 12.8. The molecule has 0 aromatic heterocycles. The van der Waals surface area contributed by atoms with Crippen molar-refractivity contribution in [1.29, 1.82) is 0 Å². The van der Waals surface area contributed by atoms with E-state index in [4.69, 9.17) is 14.2 Å². The van der Waals surface area contributed by atoms with Crippen molar-refractivity contribution in [3.8, 4) is 17.2 Å². The Morgan fingerprint density at radius 3 is 2.56 bits per heavy atom. The van der Waals surface area contributed by atoms with Crippen molar-refractivity contribution in [2.75, 3.05) is 20.3 Å². The predicted molar refractivity (Wildman–Crippen MR) is 105 cm³/mol. The maximum absolute atomic E-state index is 11.8. The number of hydrogen-bond acceptors (Lipinski definition) is 5. The Kier molecular flexibility index (Phi) is 7.52. The summed E-state index contributed by atoms with van der Waals surface area (Å²) in [5.74, 6) is 1.62. The van der Waals surface area contributed by atoms with Crippen LogP contribution in [-0.2, 0) is 4.79 Å². The first kappa shape index (κ1) is 19.0. The quantitative estimate of drug-likeness (QED) is 0.378. The molecule has 0 radical (unpaired) electrons. The Morgan fingerprint density at radius 2 is 1.88 bits per heavy atom. The molecule has 0 heterocycles. The Balaban J connectivity index is 1.91. The number of nitrogens with one attached hydrogen (secondary N) is 1. The molecule has 2 aromatic rings. The molecule has 0 aliphatic heterocycles. The van der Waals surface area contributed by atoms with Gasteiger partial charge in [-0.1, -0.05) is 0 Å². The van der Waals surface area contributed by atoms with Crippen LogP contribution in [0.2, 0.25) is 0 Å². The molecule has 1 amide bonds. The Morgan fingerprint density at radius 1 is 1.16 bits per heavy atom. The summed E-state index contributed by atoms with van der Waals surface area (Å²) in [6.07, 6.45) is 1.51. The lowest BCUT2D eigenvalue weighted by Crippen LogP contribution is -2.24. The smallest absolute Gasteiger partial charge is 0.277 e. The first-order valence-corrected chi connectivity index (χ1v) is 8.71. The molecule has 0 atom stereocenters. The van der Waals surface area contributed by atoms with Crippen molar-refractivity contribution in [3.63, 3.8) is 0 Å². The summed E-state index contributed by atoms with van der Waals surface area (Å²) in [5.41, 5.74) is 3.14. The predicted octanol–water partition coefficient (Wildman–Crippen LogP) is 3.23. The molecular formula is C18H19IN2O4. The highest BCUT2D eigenvalue weighted by Gasteiger charge is 2.05. The minimum absolute atomic E-state index is 0.117. The largest absolute Gasteiger partial charge is 0.497 e. The second kappa shape index (κ2) is 9.87. The first-order valence-electron chi connectivity index (χ1n) is 7.63. The van der Waals surface area contributed by atoms with Crippen LogP contribution in [0.25, 0.3) is 0 Å². The summed E-state index contributed by atoms with van der Waals surface area (Å²) < 4.78 is 17.2. The third kappa shape index (κ3) is 6.26. The van der Waals surface area contributed by atoms with Gasteiger partial charge in [0, 0.05) is 9.13 Å². The van der Waals surface area contributed by atoms with Crippen molar-refractivity contribution in [2.45, 2.75) is 6.92 Å². The molecule has 0 unspecified atom stereocenters. The number of nitrogens with zero attached hydrogens (tertiary/aromatic N) is 1. The van der Waals surface area contributed by atoms with Crippen molar-refractivity contribution in [2.24, 2.45) is 5.10 Å². The fraction of sp³-hybridized carbons (Fsp3) is 0.222. The van der Waals surface area contributed by atoms with Crippen LogP contribution in [0.1, 0.15) is 12.5 Å². The number of hydrogen-bond donors (Lipinski definition) is 1. The van der Waals surface area contributed by atoms with Crippen LogP contribution in [-0.4, -0.2) is 32.4 Å². The highest BCUT2D eigenvalue weighted by atomic mass is 127. The lowest BCUT2D eigenvalue weighted by atomic mass is 10.2. The van der Waals surface area contributed by atoms with Crippen LogP contribution < -0.4 is 19.6 Å². The SMILES string of the molecule is CCOc1ccc(OC)cc1/C=N\NC(=O)COc1ccc(I)cc1. The van der Waals surface area contributed by atoms with E-state index in [1.807, 2.05) is 31.2 Å². The van der Waals surface area contributed by atoms with Gasteiger partial charge in [0.05, 0.1) is 19.9 Å². The average molecular weight is 454 g/mol. The van der Waals surface area contributed by atoms with E-state index in [0.29, 0.717) is 29.4 Å². The lowest BCUT2D eigenvalue weighted by molar-refractivity contribution is -0.123. The first-order chi connectivity index (χ1) is 12.1. The molecule has 6 nitrogen and oxygen atoms in total. The van der Waals surface area contributed by atoms with Crippen LogP contribution in [0.3, 0.4) is 0 Å². The Hall–Kier alpha value is -2.29. The second-order valence-corrected chi connectivity index (χ2v) is 6.12. The fourth-order valence-corrected chi connectivity index (χ4v) is 2.29. The van der Waals surface area contributed by atoms with Gasteiger partial charge in [0.2, 0.25) is 0 Å². The highest BCUT2D eigenvalue weighted by Crippen LogP contribution is 2.22. The summed E-state index contributed by atoms with van der Waals surface area (Å²) in [4.78, 5) is 11.8. The van der Waals surface area contributed by atoms with Gasteiger partial charge < -0.3 is 14.2 Å². The Labute approximate surface area is 160 Å². The summed E-state index contributed by atoms with van der Waals surface area (Å²) in [7, 11) is 1.58. The van der Waals surface area contributed by atoms with Gasteiger partial charge in [-0.2, -0.15) is 5.10 Å². The van der Waals surface area contributed by atoms with Gasteiger partial charge in [0.25, 0.3) is 5.91 Å². The Bertz CT molecular complexity index is 732. The molecule has 1 N–H and O–H groups in total. The minimum atomic E-state index is -0.351. The van der Waals surface area contributed by atoms with Crippen LogP contribution in [0.15, 0.2) is 47.6 Å². The molecule has 0 saturated heterocycles. The van der Waals surface area contributed by atoms with E-state index in [9.17, 15) is 4.79 Å². The number of amides is 1.